The minimum absolute atomic E-state index is 0.0324. The van der Waals surface area contributed by atoms with Crippen molar-refractivity contribution in [1.29, 1.82) is 0 Å². The van der Waals surface area contributed by atoms with E-state index in [2.05, 4.69) is 18.7 Å². The van der Waals surface area contributed by atoms with Crippen molar-refractivity contribution in [2.24, 2.45) is 17.8 Å². The van der Waals surface area contributed by atoms with Gasteiger partial charge in [0.1, 0.15) is 5.82 Å². The molecule has 2 heterocycles. The van der Waals surface area contributed by atoms with Crippen molar-refractivity contribution in [3.05, 3.63) is 35.6 Å². The molecular weight excluding hydrogens is 369 g/mol. The molecule has 158 valence electrons. The average Bonchev–Trinajstić information content (AvgIpc) is 3.48. The molecule has 2 aliphatic heterocycles. The number of halogens is 1. The van der Waals surface area contributed by atoms with Crippen LogP contribution in [0.2, 0.25) is 0 Å². The van der Waals surface area contributed by atoms with Gasteiger partial charge in [-0.2, -0.15) is 0 Å². The summed E-state index contributed by atoms with van der Waals surface area (Å²) in [5.41, 5.74) is 1.05. The van der Waals surface area contributed by atoms with Gasteiger partial charge >= 0.3 is 0 Å². The second-order valence-corrected chi connectivity index (χ2v) is 9.35. The zero-order valence-corrected chi connectivity index (χ0v) is 17.5. The Labute approximate surface area is 172 Å². The van der Waals surface area contributed by atoms with Crippen molar-refractivity contribution in [3.8, 4) is 0 Å². The summed E-state index contributed by atoms with van der Waals surface area (Å²) in [5, 5.41) is 0. The molecule has 1 aromatic rings. The third-order valence-corrected chi connectivity index (χ3v) is 6.67. The van der Waals surface area contributed by atoms with E-state index in [1.165, 1.54) is 18.6 Å². The molecule has 5 nitrogen and oxygen atoms in total. The van der Waals surface area contributed by atoms with E-state index in [-0.39, 0.29) is 29.5 Å². The van der Waals surface area contributed by atoms with E-state index in [1.807, 2.05) is 9.80 Å². The summed E-state index contributed by atoms with van der Waals surface area (Å²) in [6.45, 7) is 9.52. The van der Waals surface area contributed by atoms with Crippen LogP contribution in [0.5, 0.6) is 0 Å². The van der Waals surface area contributed by atoms with Gasteiger partial charge in [-0.3, -0.25) is 14.5 Å². The second-order valence-electron chi connectivity index (χ2n) is 9.35. The van der Waals surface area contributed by atoms with E-state index in [0.29, 0.717) is 31.5 Å². The predicted octanol–water partition coefficient (Wildman–Crippen LogP) is 2.58. The highest BCUT2D eigenvalue weighted by atomic mass is 19.1. The van der Waals surface area contributed by atoms with Crippen molar-refractivity contribution in [2.75, 3.05) is 45.8 Å². The third-order valence-electron chi connectivity index (χ3n) is 6.67. The first-order chi connectivity index (χ1) is 13.9. The first-order valence-corrected chi connectivity index (χ1v) is 10.9. The lowest BCUT2D eigenvalue weighted by Gasteiger charge is -2.38. The Kier molecular flexibility index (Phi) is 5.91. The summed E-state index contributed by atoms with van der Waals surface area (Å²) >= 11 is 0. The number of benzene rings is 1. The Morgan fingerprint density at radius 2 is 1.55 bits per heavy atom. The molecule has 0 spiro atoms. The lowest BCUT2D eigenvalue weighted by molar-refractivity contribution is -0.137. The minimum atomic E-state index is -0.239. The molecule has 4 unspecified atom stereocenters. The van der Waals surface area contributed by atoms with Crippen LogP contribution < -0.4 is 0 Å². The number of piperazine rings is 1. The van der Waals surface area contributed by atoms with Gasteiger partial charge in [-0.05, 0) is 48.3 Å². The summed E-state index contributed by atoms with van der Waals surface area (Å²) in [5.74, 6) is 1.60. The number of amides is 2. The fourth-order valence-electron chi connectivity index (χ4n) is 5.07. The molecule has 29 heavy (non-hydrogen) atoms. The molecule has 1 aliphatic carbocycles. The van der Waals surface area contributed by atoms with Crippen molar-refractivity contribution >= 4 is 11.8 Å². The van der Waals surface area contributed by atoms with Gasteiger partial charge in [-0.15, -0.1) is 0 Å². The maximum absolute atomic E-state index is 13.1. The Balaban J connectivity index is 1.23. The first-order valence-electron chi connectivity index (χ1n) is 10.9. The number of hydrogen-bond donors (Lipinski definition) is 0. The van der Waals surface area contributed by atoms with Crippen LogP contribution in [0.3, 0.4) is 0 Å². The Bertz CT molecular complexity index is 735. The van der Waals surface area contributed by atoms with Crippen molar-refractivity contribution < 1.29 is 14.0 Å². The number of carbonyl (C=O) groups is 2. The molecule has 0 radical (unpaired) electrons. The Morgan fingerprint density at radius 3 is 2.17 bits per heavy atom. The topological polar surface area (TPSA) is 43.9 Å². The van der Waals surface area contributed by atoms with Gasteiger partial charge in [-0.25, -0.2) is 4.39 Å². The van der Waals surface area contributed by atoms with Crippen LogP contribution in [0.15, 0.2) is 24.3 Å². The van der Waals surface area contributed by atoms with E-state index in [9.17, 15) is 14.0 Å². The zero-order chi connectivity index (χ0) is 20.5. The lowest BCUT2D eigenvalue weighted by atomic mass is 9.92. The molecule has 6 heteroatoms. The predicted molar refractivity (Wildman–Crippen MR) is 110 cm³/mol. The van der Waals surface area contributed by atoms with Gasteiger partial charge in [0.25, 0.3) is 0 Å². The molecule has 2 amide bonds. The molecule has 2 saturated heterocycles. The maximum Gasteiger partial charge on any atom is 0.236 e. The number of carbonyl (C=O) groups excluding carboxylic acids is 2. The van der Waals surface area contributed by atoms with E-state index >= 15 is 0 Å². The number of hydrogen-bond acceptors (Lipinski definition) is 3. The van der Waals surface area contributed by atoms with E-state index in [1.54, 1.807) is 12.1 Å². The van der Waals surface area contributed by atoms with Crippen LogP contribution in [-0.2, 0) is 9.59 Å². The Morgan fingerprint density at radius 1 is 0.931 bits per heavy atom. The van der Waals surface area contributed by atoms with E-state index < -0.39 is 0 Å². The monoisotopic (exact) mass is 401 g/mol. The van der Waals surface area contributed by atoms with Crippen LogP contribution >= 0.6 is 0 Å². The minimum Gasteiger partial charge on any atom is -0.341 e. The van der Waals surface area contributed by atoms with Gasteiger partial charge in [0, 0.05) is 45.2 Å². The number of rotatable bonds is 4. The molecule has 4 rings (SSSR count). The summed E-state index contributed by atoms with van der Waals surface area (Å²) in [4.78, 5) is 31.7. The summed E-state index contributed by atoms with van der Waals surface area (Å²) in [7, 11) is 0. The molecule has 3 fully saturated rings. The highest BCUT2D eigenvalue weighted by molar-refractivity contribution is 5.83. The average molecular weight is 402 g/mol. The van der Waals surface area contributed by atoms with Gasteiger partial charge in [0.2, 0.25) is 11.8 Å². The fraction of sp³-hybridized carbons (Fsp3) is 0.652. The Hall–Kier alpha value is -1.95. The third kappa shape index (κ3) is 4.80. The van der Waals surface area contributed by atoms with Gasteiger partial charge in [-0.1, -0.05) is 26.0 Å². The molecular formula is C23H32FN3O2. The van der Waals surface area contributed by atoms with Crippen LogP contribution in [0, 0.1) is 23.6 Å². The zero-order valence-electron chi connectivity index (χ0n) is 17.5. The summed E-state index contributed by atoms with van der Waals surface area (Å²) in [6.07, 6.45) is 2.05. The van der Waals surface area contributed by atoms with Crippen molar-refractivity contribution in [1.82, 2.24) is 14.7 Å². The number of nitrogens with zero attached hydrogens (tertiary/aromatic N) is 3. The summed E-state index contributed by atoms with van der Waals surface area (Å²) in [6, 6.07) is 6.52. The highest BCUT2D eigenvalue weighted by Gasteiger charge is 2.46. The molecule has 4 atom stereocenters. The van der Waals surface area contributed by atoms with Crippen LogP contribution in [0.4, 0.5) is 4.39 Å². The molecule has 1 aromatic carbocycles. The van der Waals surface area contributed by atoms with Gasteiger partial charge in [0.05, 0.1) is 6.54 Å². The quantitative estimate of drug-likeness (QED) is 0.779. The van der Waals surface area contributed by atoms with Crippen molar-refractivity contribution in [2.45, 2.75) is 32.6 Å². The van der Waals surface area contributed by atoms with Crippen LogP contribution in [-0.4, -0.2) is 72.3 Å². The van der Waals surface area contributed by atoms with Crippen LogP contribution in [0.25, 0.3) is 0 Å². The molecule has 3 aliphatic rings. The smallest absolute Gasteiger partial charge is 0.236 e. The standard InChI is InChI=1S/C23H32FN3O2/c1-16-11-17(2)14-27(13-16)22(28)15-25-7-9-26(10-8-25)23(29)21-12-20(21)18-3-5-19(24)6-4-18/h3-6,16-17,20-21H,7-15H2,1-2H3. The second kappa shape index (κ2) is 8.42. The maximum atomic E-state index is 13.1. The largest absolute Gasteiger partial charge is 0.341 e. The van der Waals surface area contributed by atoms with Crippen molar-refractivity contribution in [3.63, 3.8) is 0 Å². The van der Waals surface area contributed by atoms with E-state index in [0.717, 1.165) is 38.2 Å². The molecule has 0 bridgehead atoms. The SMILES string of the molecule is CC1CC(C)CN(C(=O)CN2CCN(C(=O)C3CC3c3ccc(F)cc3)CC2)C1. The number of piperidine rings is 1. The normalized spacial score (nSPS) is 30.3. The highest BCUT2D eigenvalue weighted by Crippen LogP contribution is 2.48. The fourth-order valence-corrected chi connectivity index (χ4v) is 5.07. The molecule has 0 aromatic heterocycles. The summed E-state index contributed by atoms with van der Waals surface area (Å²) < 4.78 is 13.1. The van der Waals surface area contributed by atoms with Crippen LogP contribution in [0.1, 0.15) is 38.2 Å². The van der Waals surface area contributed by atoms with Gasteiger partial charge < -0.3 is 9.80 Å². The number of likely N-dealkylation sites (tertiary alicyclic amines) is 1. The lowest BCUT2D eigenvalue weighted by Crippen LogP contribution is -2.53. The molecule has 1 saturated carbocycles. The first kappa shape index (κ1) is 20.3. The van der Waals surface area contributed by atoms with Gasteiger partial charge in [0.15, 0.2) is 0 Å². The van der Waals surface area contributed by atoms with E-state index in [4.69, 9.17) is 0 Å². The molecule has 0 N–H and O–H groups in total.